The minimum absolute atomic E-state index is 0.0313. The van der Waals surface area contributed by atoms with Crippen LogP contribution in [0.2, 0.25) is 0 Å². The Hall–Kier alpha value is -2.59. The summed E-state index contributed by atoms with van der Waals surface area (Å²) >= 11 is 1.40. The Morgan fingerprint density at radius 1 is 1.32 bits per heavy atom. The molecule has 0 unspecified atom stereocenters. The molecule has 1 aliphatic heterocycles. The number of aromatic nitrogens is 1. The number of anilines is 1. The molecule has 4 rings (SSSR count). The monoisotopic (exact) mass is 396 g/mol. The zero-order valence-corrected chi connectivity index (χ0v) is 16.9. The lowest BCUT2D eigenvalue weighted by molar-refractivity contribution is 0.0739. The van der Waals surface area contributed by atoms with Crippen LogP contribution in [-0.2, 0) is 0 Å². The third-order valence-corrected chi connectivity index (χ3v) is 6.47. The molecule has 1 saturated heterocycles. The third-order valence-electron chi connectivity index (χ3n) is 5.51. The highest BCUT2D eigenvalue weighted by atomic mass is 32.1. The summed E-state index contributed by atoms with van der Waals surface area (Å²) in [7, 11) is 0. The largest absolute Gasteiger partial charge is 0.492 e. The first-order valence-electron chi connectivity index (χ1n) is 9.77. The molecule has 0 atom stereocenters. The van der Waals surface area contributed by atoms with Crippen molar-refractivity contribution in [2.75, 3.05) is 37.7 Å². The first-order chi connectivity index (χ1) is 13.6. The second kappa shape index (κ2) is 8.19. The molecular weight excluding hydrogens is 372 g/mol. The first kappa shape index (κ1) is 18.8. The summed E-state index contributed by atoms with van der Waals surface area (Å²) in [6, 6.07) is 7.99. The summed E-state index contributed by atoms with van der Waals surface area (Å²) in [4.78, 5) is 22.1. The van der Waals surface area contributed by atoms with Crippen LogP contribution in [0.15, 0.2) is 24.4 Å². The highest BCUT2D eigenvalue weighted by Gasteiger charge is 2.26. The Morgan fingerprint density at radius 3 is 2.75 bits per heavy atom. The van der Waals surface area contributed by atoms with Gasteiger partial charge in [-0.1, -0.05) is 29.4 Å². The van der Waals surface area contributed by atoms with Crippen LogP contribution in [-0.4, -0.2) is 48.6 Å². The van der Waals surface area contributed by atoms with E-state index in [2.05, 4.69) is 16.0 Å². The van der Waals surface area contributed by atoms with E-state index in [1.54, 1.807) is 6.20 Å². The maximum absolute atomic E-state index is 13.2. The van der Waals surface area contributed by atoms with E-state index >= 15 is 0 Å². The Morgan fingerprint density at radius 2 is 2.11 bits per heavy atom. The predicted octanol–water partition coefficient (Wildman–Crippen LogP) is 3.46. The normalized spacial score (nSPS) is 17.1. The molecule has 1 saturated carbocycles. The van der Waals surface area contributed by atoms with Gasteiger partial charge in [-0.15, -0.1) is 0 Å². The zero-order valence-electron chi connectivity index (χ0n) is 16.1. The van der Waals surface area contributed by atoms with E-state index in [-0.39, 0.29) is 5.91 Å². The van der Waals surface area contributed by atoms with Crippen molar-refractivity contribution in [2.24, 2.45) is 5.92 Å². The minimum atomic E-state index is 0.0313. The number of nitrogens with zero attached hydrogens (tertiary/aromatic N) is 4. The van der Waals surface area contributed by atoms with Gasteiger partial charge in [-0.05, 0) is 37.8 Å². The van der Waals surface area contributed by atoms with Gasteiger partial charge in [0.25, 0.3) is 5.91 Å². The van der Waals surface area contributed by atoms with Gasteiger partial charge in [-0.3, -0.25) is 4.79 Å². The molecule has 146 valence electrons. The van der Waals surface area contributed by atoms with E-state index < -0.39 is 0 Å². The van der Waals surface area contributed by atoms with Crippen LogP contribution in [0.25, 0.3) is 0 Å². The van der Waals surface area contributed by atoms with Gasteiger partial charge in [0, 0.05) is 26.2 Å². The molecule has 0 radical (unpaired) electrons. The zero-order chi connectivity index (χ0) is 19.5. The van der Waals surface area contributed by atoms with Crippen LogP contribution in [0, 0.1) is 24.2 Å². The van der Waals surface area contributed by atoms with Crippen molar-refractivity contribution >= 4 is 22.4 Å². The standard InChI is InChI=1S/C21H24N4O2S/c1-15-5-6-19(27-14-16-3-2-4-16)18(11-15)20(26)24-7-9-25(10-8-24)21-23-13-17(12-22)28-21/h5-6,11,13,16H,2-4,7-10,14H2,1H3. The van der Waals surface area contributed by atoms with Gasteiger partial charge in [0.1, 0.15) is 16.7 Å². The molecule has 0 N–H and O–H groups in total. The Bertz CT molecular complexity index is 892. The third kappa shape index (κ3) is 3.97. The van der Waals surface area contributed by atoms with Crippen LogP contribution in [0.3, 0.4) is 0 Å². The van der Waals surface area contributed by atoms with Crippen LogP contribution < -0.4 is 9.64 Å². The summed E-state index contributed by atoms with van der Waals surface area (Å²) in [5.74, 6) is 1.36. The van der Waals surface area contributed by atoms with Gasteiger partial charge in [0.15, 0.2) is 5.13 Å². The molecule has 2 aliphatic rings. The van der Waals surface area contributed by atoms with E-state index in [1.165, 1.54) is 30.6 Å². The van der Waals surface area contributed by atoms with Gasteiger partial charge in [0.05, 0.1) is 18.4 Å². The number of ether oxygens (including phenoxy) is 1. The van der Waals surface area contributed by atoms with Crippen LogP contribution in [0.5, 0.6) is 5.75 Å². The van der Waals surface area contributed by atoms with Crippen LogP contribution >= 0.6 is 11.3 Å². The highest BCUT2D eigenvalue weighted by molar-refractivity contribution is 7.16. The van der Waals surface area contributed by atoms with Gasteiger partial charge in [-0.2, -0.15) is 5.26 Å². The van der Waals surface area contributed by atoms with E-state index in [0.29, 0.717) is 54.9 Å². The van der Waals surface area contributed by atoms with Gasteiger partial charge >= 0.3 is 0 Å². The summed E-state index contributed by atoms with van der Waals surface area (Å²) in [5, 5.41) is 9.82. The summed E-state index contributed by atoms with van der Waals surface area (Å²) < 4.78 is 6.02. The van der Waals surface area contributed by atoms with Gasteiger partial charge in [-0.25, -0.2) is 4.98 Å². The molecule has 2 aromatic rings. The summed E-state index contributed by atoms with van der Waals surface area (Å²) in [6.07, 6.45) is 5.34. The number of carbonyl (C=O) groups is 1. The molecule has 2 heterocycles. The van der Waals surface area contributed by atoms with E-state index in [1.807, 2.05) is 30.0 Å². The lowest BCUT2D eigenvalue weighted by Crippen LogP contribution is -2.48. The molecule has 7 heteroatoms. The molecule has 6 nitrogen and oxygen atoms in total. The lowest BCUT2D eigenvalue weighted by Gasteiger charge is -2.35. The minimum Gasteiger partial charge on any atom is -0.492 e. The topological polar surface area (TPSA) is 69.5 Å². The van der Waals surface area contributed by atoms with E-state index in [9.17, 15) is 4.79 Å². The molecular formula is C21H24N4O2S. The molecule has 1 aliphatic carbocycles. The van der Waals surface area contributed by atoms with E-state index in [4.69, 9.17) is 10.00 Å². The van der Waals surface area contributed by atoms with Gasteiger partial charge in [0.2, 0.25) is 0 Å². The fourth-order valence-corrected chi connectivity index (χ4v) is 4.30. The van der Waals surface area contributed by atoms with Crippen molar-refractivity contribution in [2.45, 2.75) is 26.2 Å². The number of rotatable bonds is 5. The number of piperazine rings is 1. The number of aryl methyl sites for hydroxylation is 1. The van der Waals surface area contributed by atoms with Crippen molar-refractivity contribution in [3.8, 4) is 11.8 Å². The van der Waals surface area contributed by atoms with Crippen molar-refractivity contribution in [1.29, 1.82) is 5.26 Å². The second-order valence-corrected chi connectivity index (χ2v) is 8.51. The number of hydrogen-bond donors (Lipinski definition) is 0. The molecule has 1 amide bonds. The van der Waals surface area contributed by atoms with Crippen molar-refractivity contribution in [3.05, 3.63) is 40.4 Å². The highest BCUT2D eigenvalue weighted by Crippen LogP contribution is 2.29. The molecule has 1 aromatic carbocycles. The molecule has 1 aromatic heterocycles. The second-order valence-electron chi connectivity index (χ2n) is 7.51. The predicted molar refractivity (Wildman–Crippen MR) is 109 cm³/mol. The Labute approximate surface area is 169 Å². The Balaban J connectivity index is 1.41. The average molecular weight is 397 g/mol. The van der Waals surface area contributed by atoms with Crippen molar-refractivity contribution < 1.29 is 9.53 Å². The number of carbonyl (C=O) groups excluding carboxylic acids is 1. The summed E-state index contributed by atoms with van der Waals surface area (Å²) in [5.41, 5.74) is 1.72. The van der Waals surface area contributed by atoms with Crippen molar-refractivity contribution in [1.82, 2.24) is 9.88 Å². The van der Waals surface area contributed by atoms with Crippen LogP contribution in [0.1, 0.15) is 40.1 Å². The van der Waals surface area contributed by atoms with Crippen molar-refractivity contribution in [3.63, 3.8) is 0 Å². The smallest absolute Gasteiger partial charge is 0.257 e. The number of amides is 1. The quantitative estimate of drug-likeness (QED) is 0.774. The van der Waals surface area contributed by atoms with Crippen LogP contribution in [0.4, 0.5) is 5.13 Å². The number of thiazole rings is 1. The average Bonchev–Trinajstić information content (AvgIpc) is 3.16. The maximum Gasteiger partial charge on any atom is 0.257 e. The SMILES string of the molecule is Cc1ccc(OCC2CCC2)c(C(=O)N2CCN(c3ncc(C#N)s3)CC2)c1. The molecule has 2 fully saturated rings. The number of hydrogen-bond acceptors (Lipinski definition) is 6. The molecule has 0 bridgehead atoms. The Kier molecular flexibility index (Phi) is 5.49. The molecule has 28 heavy (non-hydrogen) atoms. The molecule has 0 spiro atoms. The van der Waals surface area contributed by atoms with Gasteiger partial charge < -0.3 is 14.5 Å². The number of nitriles is 1. The fraction of sp³-hybridized carbons (Fsp3) is 0.476. The number of benzene rings is 1. The lowest BCUT2D eigenvalue weighted by atomic mass is 9.86. The van der Waals surface area contributed by atoms with E-state index in [0.717, 1.165) is 10.7 Å². The fourth-order valence-electron chi connectivity index (χ4n) is 3.54. The first-order valence-corrected chi connectivity index (χ1v) is 10.6. The maximum atomic E-state index is 13.2. The summed E-state index contributed by atoms with van der Waals surface area (Å²) in [6.45, 7) is 5.40.